The maximum absolute atomic E-state index is 12.1. The Kier molecular flexibility index (Phi) is 4.60. The molecule has 1 rings (SSSR count). The Morgan fingerprint density at radius 3 is 2.26 bits per heavy atom. The van der Waals surface area contributed by atoms with Gasteiger partial charge in [-0.15, -0.1) is 0 Å². The molecule has 1 aliphatic heterocycles. The molecule has 6 nitrogen and oxygen atoms in total. The number of sulfone groups is 1. The highest BCUT2D eigenvalue weighted by molar-refractivity contribution is 7.91. The van der Waals surface area contributed by atoms with Crippen LogP contribution in [0.25, 0.3) is 0 Å². The average Bonchev–Trinajstić information content (AvgIpc) is 2.57. The van der Waals surface area contributed by atoms with Crippen LogP contribution in [0.4, 0.5) is 0 Å². The molecule has 0 aromatic rings. The number of amides is 2. The van der Waals surface area contributed by atoms with E-state index in [2.05, 4.69) is 5.32 Å². The van der Waals surface area contributed by atoms with Crippen LogP contribution in [0.2, 0.25) is 0 Å². The minimum Gasteiger partial charge on any atom is -0.343 e. The summed E-state index contributed by atoms with van der Waals surface area (Å²) in [5.74, 6) is -1.30. The molecule has 1 atom stereocenters. The van der Waals surface area contributed by atoms with Crippen molar-refractivity contribution in [1.29, 1.82) is 0 Å². The average molecular weight is 290 g/mol. The topological polar surface area (TPSA) is 83.6 Å². The van der Waals surface area contributed by atoms with Crippen LogP contribution in [-0.2, 0) is 19.4 Å². The van der Waals surface area contributed by atoms with E-state index in [1.807, 2.05) is 0 Å². The maximum Gasteiger partial charge on any atom is 0.312 e. The van der Waals surface area contributed by atoms with Gasteiger partial charge in [0.2, 0.25) is 0 Å². The lowest BCUT2D eigenvalue weighted by molar-refractivity contribution is -0.147. The van der Waals surface area contributed by atoms with Crippen molar-refractivity contribution in [3.8, 4) is 0 Å². The fourth-order valence-electron chi connectivity index (χ4n) is 2.11. The number of hydrogen-bond acceptors (Lipinski definition) is 4. The number of rotatable bonds is 2. The number of carbonyl (C=O) groups is 2. The molecule has 110 valence electrons. The summed E-state index contributed by atoms with van der Waals surface area (Å²) in [7, 11) is -3.07. The first kappa shape index (κ1) is 15.9. The Morgan fingerprint density at radius 1 is 1.32 bits per heavy atom. The Bertz CT molecular complexity index is 465. The SMILES string of the molecule is CCN(C(=O)C(=O)NC(C)(C)C)C1CCS(=O)(=O)C1. The first-order valence-electron chi connectivity index (χ1n) is 6.39. The van der Waals surface area contributed by atoms with Gasteiger partial charge in [0.1, 0.15) is 0 Å². The van der Waals surface area contributed by atoms with Crippen LogP contribution in [0.3, 0.4) is 0 Å². The van der Waals surface area contributed by atoms with Gasteiger partial charge < -0.3 is 10.2 Å². The fourth-order valence-corrected chi connectivity index (χ4v) is 3.84. The van der Waals surface area contributed by atoms with Gasteiger partial charge in [0.05, 0.1) is 11.5 Å². The van der Waals surface area contributed by atoms with Crippen LogP contribution >= 0.6 is 0 Å². The standard InChI is InChI=1S/C12H22N2O4S/c1-5-14(9-6-7-19(17,18)8-9)11(16)10(15)13-12(2,3)4/h9H,5-8H2,1-4H3,(H,13,15). The van der Waals surface area contributed by atoms with Crippen molar-refractivity contribution >= 4 is 21.7 Å². The molecule has 0 aromatic carbocycles. The third-order valence-corrected chi connectivity index (χ3v) is 4.68. The summed E-state index contributed by atoms with van der Waals surface area (Å²) in [5, 5.41) is 2.60. The molecule has 1 N–H and O–H groups in total. The zero-order valence-electron chi connectivity index (χ0n) is 11.9. The third kappa shape index (κ3) is 4.49. The summed E-state index contributed by atoms with van der Waals surface area (Å²) >= 11 is 0. The van der Waals surface area contributed by atoms with Crippen molar-refractivity contribution in [2.24, 2.45) is 0 Å². The maximum atomic E-state index is 12.1. The lowest BCUT2D eigenvalue weighted by atomic mass is 10.1. The van der Waals surface area contributed by atoms with Gasteiger partial charge >= 0.3 is 11.8 Å². The number of hydrogen-bond donors (Lipinski definition) is 1. The molecule has 7 heteroatoms. The molecule has 1 heterocycles. The summed E-state index contributed by atoms with van der Waals surface area (Å²) < 4.78 is 22.9. The first-order chi connectivity index (χ1) is 8.56. The second-order valence-corrected chi connectivity index (χ2v) is 8.08. The molecule has 0 spiro atoms. The van der Waals surface area contributed by atoms with E-state index < -0.39 is 27.2 Å². The predicted octanol–water partition coefficient (Wildman–Crippen LogP) is -0.0633. The van der Waals surface area contributed by atoms with Crippen LogP contribution in [-0.4, -0.2) is 54.8 Å². The van der Waals surface area contributed by atoms with Crippen molar-refractivity contribution in [3.05, 3.63) is 0 Å². The number of nitrogens with zero attached hydrogens (tertiary/aromatic N) is 1. The van der Waals surface area contributed by atoms with E-state index in [0.29, 0.717) is 13.0 Å². The lowest BCUT2D eigenvalue weighted by Gasteiger charge is -2.28. The van der Waals surface area contributed by atoms with Gasteiger partial charge in [-0.2, -0.15) is 0 Å². The van der Waals surface area contributed by atoms with E-state index in [1.165, 1.54) is 4.90 Å². The summed E-state index contributed by atoms with van der Waals surface area (Å²) in [4.78, 5) is 25.2. The number of carbonyl (C=O) groups excluding carboxylic acids is 2. The molecular weight excluding hydrogens is 268 g/mol. The highest BCUT2D eigenvalue weighted by Crippen LogP contribution is 2.18. The van der Waals surface area contributed by atoms with Crippen LogP contribution in [0.15, 0.2) is 0 Å². The van der Waals surface area contributed by atoms with Gasteiger partial charge in [0, 0.05) is 18.1 Å². The van der Waals surface area contributed by atoms with Crippen molar-refractivity contribution < 1.29 is 18.0 Å². The van der Waals surface area contributed by atoms with Crippen molar-refractivity contribution in [3.63, 3.8) is 0 Å². The van der Waals surface area contributed by atoms with Gasteiger partial charge in [-0.1, -0.05) is 0 Å². The number of nitrogens with one attached hydrogen (secondary N) is 1. The highest BCUT2D eigenvalue weighted by Gasteiger charge is 2.36. The van der Waals surface area contributed by atoms with Gasteiger partial charge in [0.25, 0.3) is 0 Å². The van der Waals surface area contributed by atoms with Crippen molar-refractivity contribution in [2.75, 3.05) is 18.1 Å². The van der Waals surface area contributed by atoms with E-state index in [9.17, 15) is 18.0 Å². The van der Waals surface area contributed by atoms with Gasteiger partial charge in [-0.3, -0.25) is 9.59 Å². The normalized spacial score (nSPS) is 22.0. The minimum atomic E-state index is -3.07. The molecule has 1 saturated heterocycles. The molecule has 2 amide bonds. The van der Waals surface area contributed by atoms with Crippen LogP contribution in [0.5, 0.6) is 0 Å². The summed E-state index contributed by atoms with van der Waals surface area (Å²) in [5.41, 5.74) is -0.492. The van der Waals surface area contributed by atoms with Gasteiger partial charge in [-0.05, 0) is 34.1 Å². The quantitative estimate of drug-likeness (QED) is 0.722. The molecule has 0 bridgehead atoms. The van der Waals surface area contributed by atoms with Crippen LogP contribution in [0, 0.1) is 0 Å². The van der Waals surface area contributed by atoms with E-state index in [0.717, 1.165) is 0 Å². The Hall–Kier alpha value is -1.11. The lowest BCUT2D eigenvalue weighted by Crippen LogP contribution is -2.52. The van der Waals surface area contributed by atoms with Crippen molar-refractivity contribution in [2.45, 2.75) is 45.7 Å². The highest BCUT2D eigenvalue weighted by atomic mass is 32.2. The van der Waals surface area contributed by atoms with E-state index >= 15 is 0 Å². The Balaban J connectivity index is 2.75. The zero-order chi connectivity index (χ0) is 14.8. The predicted molar refractivity (Wildman–Crippen MR) is 72.3 cm³/mol. The van der Waals surface area contributed by atoms with E-state index in [1.54, 1.807) is 27.7 Å². The second-order valence-electron chi connectivity index (χ2n) is 5.85. The zero-order valence-corrected chi connectivity index (χ0v) is 12.7. The van der Waals surface area contributed by atoms with E-state index in [-0.39, 0.29) is 17.5 Å². The Labute approximate surface area is 114 Å². The minimum absolute atomic E-state index is 0.0463. The number of likely N-dealkylation sites (N-methyl/N-ethyl adjacent to an activating group) is 1. The van der Waals surface area contributed by atoms with Crippen LogP contribution < -0.4 is 5.32 Å². The second kappa shape index (κ2) is 5.48. The molecule has 0 saturated carbocycles. The summed E-state index contributed by atoms with van der Waals surface area (Å²) in [6, 6.07) is -0.381. The fraction of sp³-hybridized carbons (Fsp3) is 0.833. The van der Waals surface area contributed by atoms with Gasteiger partial charge in [0.15, 0.2) is 9.84 Å². The molecule has 1 fully saturated rings. The van der Waals surface area contributed by atoms with Crippen molar-refractivity contribution in [1.82, 2.24) is 10.2 Å². The molecule has 0 aromatic heterocycles. The molecule has 1 aliphatic rings. The summed E-state index contributed by atoms with van der Waals surface area (Å²) in [6.07, 6.45) is 0.407. The molecule has 19 heavy (non-hydrogen) atoms. The largest absolute Gasteiger partial charge is 0.343 e. The smallest absolute Gasteiger partial charge is 0.312 e. The Morgan fingerprint density at radius 2 is 1.89 bits per heavy atom. The third-order valence-electron chi connectivity index (χ3n) is 2.93. The van der Waals surface area contributed by atoms with E-state index in [4.69, 9.17) is 0 Å². The molecule has 0 aliphatic carbocycles. The first-order valence-corrected chi connectivity index (χ1v) is 8.21. The summed E-state index contributed by atoms with van der Waals surface area (Å²) in [6.45, 7) is 7.43. The molecule has 0 radical (unpaired) electrons. The molecule has 1 unspecified atom stereocenters. The van der Waals surface area contributed by atoms with Crippen LogP contribution in [0.1, 0.15) is 34.1 Å². The monoisotopic (exact) mass is 290 g/mol. The molecular formula is C12H22N2O4S. The van der Waals surface area contributed by atoms with Gasteiger partial charge in [-0.25, -0.2) is 8.42 Å².